The predicted octanol–water partition coefficient (Wildman–Crippen LogP) is 2.45. The maximum Gasteiger partial charge on any atom is 0.287 e. The number of aliphatic hydroxyl groups excluding tert-OH is 1. The van der Waals surface area contributed by atoms with E-state index in [-0.39, 0.29) is 12.3 Å². The van der Waals surface area contributed by atoms with Crippen LogP contribution in [0.15, 0.2) is 36.5 Å². The molecule has 106 valence electrons. The van der Waals surface area contributed by atoms with Gasteiger partial charge in [0.05, 0.1) is 22.2 Å². The van der Waals surface area contributed by atoms with Gasteiger partial charge in [0.1, 0.15) is 6.20 Å². The molecule has 1 heterocycles. The molecule has 0 bridgehead atoms. The van der Waals surface area contributed by atoms with Gasteiger partial charge in [-0.25, -0.2) is 4.98 Å². The number of hydrogen-bond donors (Lipinski definition) is 1. The highest BCUT2D eigenvalue weighted by atomic mass is 16.6. The maximum atomic E-state index is 10.8. The zero-order chi connectivity index (χ0) is 15.2. The molecule has 1 aromatic carbocycles. The third-order valence-corrected chi connectivity index (χ3v) is 3.05. The summed E-state index contributed by atoms with van der Waals surface area (Å²) in [4.78, 5) is 14.5. The second kappa shape index (κ2) is 6.59. The van der Waals surface area contributed by atoms with Gasteiger partial charge in [-0.1, -0.05) is 12.1 Å². The van der Waals surface area contributed by atoms with Crippen molar-refractivity contribution in [3.8, 4) is 17.3 Å². The van der Waals surface area contributed by atoms with Gasteiger partial charge in [0.2, 0.25) is 0 Å². The summed E-state index contributed by atoms with van der Waals surface area (Å²) in [6.45, 7) is 0.00943. The quantitative estimate of drug-likeness (QED) is 0.671. The Labute approximate surface area is 121 Å². The molecule has 2 aromatic rings. The normalized spacial score (nSPS) is 10.1. The van der Waals surface area contributed by atoms with Gasteiger partial charge >= 0.3 is 0 Å². The minimum absolute atomic E-state index is 0.00943. The second-order valence-electron chi connectivity index (χ2n) is 4.47. The van der Waals surface area contributed by atoms with Crippen LogP contribution in [0, 0.1) is 21.4 Å². The lowest BCUT2D eigenvalue weighted by molar-refractivity contribution is -0.385. The van der Waals surface area contributed by atoms with E-state index in [1.54, 1.807) is 24.3 Å². The van der Waals surface area contributed by atoms with Gasteiger partial charge in [-0.2, -0.15) is 5.26 Å². The molecule has 0 atom stereocenters. The van der Waals surface area contributed by atoms with Crippen molar-refractivity contribution in [2.45, 2.75) is 12.8 Å². The first kappa shape index (κ1) is 14.6. The van der Waals surface area contributed by atoms with Gasteiger partial charge in [-0.15, -0.1) is 0 Å². The van der Waals surface area contributed by atoms with E-state index in [1.165, 1.54) is 12.3 Å². The number of aromatic nitrogens is 1. The molecule has 0 saturated heterocycles. The first-order valence-electron chi connectivity index (χ1n) is 6.40. The van der Waals surface area contributed by atoms with E-state index < -0.39 is 4.92 Å². The zero-order valence-corrected chi connectivity index (χ0v) is 11.2. The van der Waals surface area contributed by atoms with Crippen LogP contribution in [-0.4, -0.2) is 21.6 Å². The Morgan fingerprint density at radius 2 is 2.05 bits per heavy atom. The smallest absolute Gasteiger partial charge is 0.287 e. The standard InChI is InChI=1S/C15H13N3O3/c16-9-11-3-5-12(6-4-11)15-13(2-1-7-19)8-14(10-17-15)18(20)21/h3-6,8,10,19H,1-2,7H2. The Morgan fingerprint density at radius 1 is 1.33 bits per heavy atom. The molecule has 21 heavy (non-hydrogen) atoms. The fraction of sp³-hybridized carbons (Fsp3) is 0.200. The molecule has 6 heteroatoms. The van der Waals surface area contributed by atoms with Crippen LogP contribution >= 0.6 is 0 Å². The largest absolute Gasteiger partial charge is 0.396 e. The molecule has 0 radical (unpaired) electrons. The fourth-order valence-electron chi connectivity index (χ4n) is 2.02. The SMILES string of the molecule is N#Cc1ccc(-c2ncc([N+](=O)[O-])cc2CCCO)cc1. The van der Waals surface area contributed by atoms with Gasteiger partial charge < -0.3 is 5.11 Å². The number of hydrogen-bond acceptors (Lipinski definition) is 5. The number of pyridine rings is 1. The number of nitrogens with zero attached hydrogens (tertiary/aromatic N) is 3. The van der Waals surface area contributed by atoms with Crippen LogP contribution in [0.3, 0.4) is 0 Å². The number of rotatable bonds is 5. The van der Waals surface area contributed by atoms with E-state index in [4.69, 9.17) is 10.4 Å². The van der Waals surface area contributed by atoms with Crippen LogP contribution in [0.2, 0.25) is 0 Å². The van der Waals surface area contributed by atoms with Crippen molar-refractivity contribution in [2.75, 3.05) is 6.61 Å². The molecule has 2 rings (SSSR count). The lowest BCUT2D eigenvalue weighted by Gasteiger charge is -2.08. The van der Waals surface area contributed by atoms with Crippen molar-refractivity contribution in [1.29, 1.82) is 5.26 Å². The summed E-state index contributed by atoms with van der Waals surface area (Å²) in [5.74, 6) is 0. The summed E-state index contributed by atoms with van der Waals surface area (Å²) < 4.78 is 0. The van der Waals surface area contributed by atoms with Gasteiger partial charge in [-0.3, -0.25) is 10.1 Å². The topological polar surface area (TPSA) is 100 Å². The van der Waals surface area contributed by atoms with E-state index in [2.05, 4.69) is 4.98 Å². The fourth-order valence-corrected chi connectivity index (χ4v) is 2.02. The van der Waals surface area contributed by atoms with Crippen LogP contribution in [-0.2, 0) is 6.42 Å². The van der Waals surface area contributed by atoms with E-state index in [0.29, 0.717) is 29.7 Å². The number of nitro groups is 1. The Hall–Kier alpha value is -2.78. The summed E-state index contributed by atoms with van der Waals surface area (Å²) in [5.41, 5.74) is 2.61. The average molecular weight is 283 g/mol. The predicted molar refractivity (Wildman–Crippen MR) is 76.4 cm³/mol. The van der Waals surface area contributed by atoms with Crippen LogP contribution in [0.4, 0.5) is 5.69 Å². The molecule has 0 fully saturated rings. The first-order chi connectivity index (χ1) is 10.2. The molecule has 0 saturated carbocycles. The monoisotopic (exact) mass is 283 g/mol. The molecule has 6 nitrogen and oxygen atoms in total. The van der Waals surface area contributed by atoms with Crippen molar-refractivity contribution >= 4 is 5.69 Å². The Bertz CT molecular complexity index is 690. The third kappa shape index (κ3) is 3.41. The summed E-state index contributed by atoms with van der Waals surface area (Å²) in [6, 6.07) is 10.4. The average Bonchev–Trinajstić information content (AvgIpc) is 2.52. The van der Waals surface area contributed by atoms with Gasteiger partial charge in [0.15, 0.2) is 0 Å². The minimum atomic E-state index is -0.488. The van der Waals surface area contributed by atoms with Crippen LogP contribution in [0.5, 0.6) is 0 Å². The minimum Gasteiger partial charge on any atom is -0.396 e. The molecule has 0 aliphatic heterocycles. The van der Waals surface area contributed by atoms with Crippen molar-refractivity contribution in [3.05, 3.63) is 57.8 Å². The first-order valence-corrected chi connectivity index (χ1v) is 6.40. The molecule has 1 N–H and O–H groups in total. The van der Waals surface area contributed by atoms with Crippen molar-refractivity contribution in [2.24, 2.45) is 0 Å². The summed E-state index contributed by atoms with van der Waals surface area (Å²) >= 11 is 0. The molecule has 1 aromatic heterocycles. The highest BCUT2D eigenvalue weighted by Gasteiger charge is 2.13. The van der Waals surface area contributed by atoms with Crippen LogP contribution in [0.25, 0.3) is 11.3 Å². The second-order valence-corrected chi connectivity index (χ2v) is 4.47. The Kier molecular flexibility index (Phi) is 4.59. The summed E-state index contributed by atoms with van der Waals surface area (Å²) in [5, 5.41) is 28.6. The van der Waals surface area contributed by atoms with Gasteiger partial charge in [0, 0.05) is 18.2 Å². The highest BCUT2D eigenvalue weighted by molar-refractivity contribution is 5.65. The van der Waals surface area contributed by atoms with E-state index in [0.717, 1.165) is 5.56 Å². The van der Waals surface area contributed by atoms with E-state index in [1.807, 2.05) is 6.07 Å². The molecule has 0 spiro atoms. The molecule has 0 unspecified atom stereocenters. The van der Waals surface area contributed by atoms with Crippen LogP contribution < -0.4 is 0 Å². The lowest BCUT2D eigenvalue weighted by atomic mass is 10.0. The highest BCUT2D eigenvalue weighted by Crippen LogP contribution is 2.26. The number of benzene rings is 1. The van der Waals surface area contributed by atoms with Crippen molar-refractivity contribution in [1.82, 2.24) is 4.98 Å². The zero-order valence-electron chi connectivity index (χ0n) is 11.2. The Balaban J connectivity index is 2.45. The summed E-state index contributed by atoms with van der Waals surface area (Å²) in [7, 11) is 0. The van der Waals surface area contributed by atoms with Crippen molar-refractivity contribution < 1.29 is 10.0 Å². The summed E-state index contributed by atoms with van der Waals surface area (Å²) in [6.07, 6.45) is 2.22. The van der Waals surface area contributed by atoms with Crippen LogP contribution in [0.1, 0.15) is 17.5 Å². The number of aliphatic hydroxyl groups is 1. The molecular formula is C15H13N3O3. The lowest BCUT2D eigenvalue weighted by Crippen LogP contribution is -1.99. The van der Waals surface area contributed by atoms with Crippen molar-refractivity contribution in [3.63, 3.8) is 0 Å². The molecule has 0 aliphatic rings. The molecule has 0 aliphatic carbocycles. The number of aryl methyl sites for hydroxylation is 1. The molecular weight excluding hydrogens is 270 g/mol. The van der Waals surface area contributed by atoms with E-state index in [9.17, 15) is 10.1 Å². The third-order valence-electron chi connectivity index (χ3n) is 3.05. The van der Waals surface area contributed by atoms with E-state index >= 15 is 0 Å². The Morgan fingerprint density at radius 3 is 2.62 bits per heavy atom. The maximum absolute atomic E-state index is 10.8. The van der Waals surface area contributed by atoms with Gasteiger partial charge in [-0.05, 0) is 30.5 Å². The number of nitriles is 1. The molecule has 0 amide bonds. The van der Waals surface area contributed by atoms with Gasteiger partial charge in [0.25, 0.3) is 5.69 Å².